The minimum atomic E-state index is -0.645. The lowest BCUT2D eigenvalue weighted by atomic mass is 10.2. The molecule has 7 heteroatoms. The van der Waals surface area contributed by atoms with Gasteiger partial charge in [-0.1, -0.05) is 24.6 Å². The maximum Gasteiger partial charge on any atom is 0.252 e. The molecule has 0 radical (unpaired) electrons. The number of amides is 2. The fraction of sp³-hybridized carbons (Fsp3) is 0.333. The molecule has 0 bridgehead atoms. The summed E-state index contributed by atoms with van der Waals surface area (Å²) in [5, 5.41) is 9.69. The first-order valence-electron chi connectivity index (χ1n) is 7.19. The monoisotopic (exact) mass is 299 g/mol. The normalized spacial score (nSPS) is 16.3. The molecule has 2 aromatic rings. The molecule has 3 rings (SSSR count). The molecule has 7 nitrogen and oxygen atoms in total. The molecular weight excluding hydrogens is 282 g/mol. The van der Waals surface area contributed by atoms with Crippen LogP contribution in [0, 0.1) is 6.92 Å². The molecule has 22 heavy (non-hydrogen) atoms. The minimum absolute atomic E-state index is 0.0270. The molecule has 1 aromatic heterocycles. The molecule has 0 spiro atoms. The van der Waals surface area contributed by atoms with E-state index in [0.29, 0.717) is 23.9 Å². The maximum absolute atomic E-state index is 12.1. The van der Waals surface area contributed by atoms with Crippen LogP contribution in [0.5, 0.6) is 0 Å². The summed E-state index contributed by atoms with van der Waals surface area (Å²) >= 11 is 0. The van der Waals surface area contributed by atoms with Crippen LogP contribution in [0.1, 0.15) is 30.8 Å². The molecule has 114 valence electrons. The molecule has 1 aliphatic rings. The van der Waals surface area contributed by atoms with Gasteiger partial charge in [-0.3, -0.25) is 14.9 Å². The molecule has 1 atom stereocenters. The molecule has 1 aromatic carbocycles. The number of carbonyl (C=O) groups excluding carboxylic acids is 2. The summed E-state index contributed by atoms with van der Waals surface area (Å²) in [5.41, 5.74) is 1.83. The summed E-state index contributed by atoms with van der Waals surface area (Å²) in [4.78, 5) is 28.3. The van der Waals surface area contributed by atoms with E-state index >= 15 is 0 Å². The second kappa shape index (κ2) is 5.59. The molecule has 2 heterocycles. The zero-order chi connectivity index (χ0) is 15.7. The lowest BCUT2D eigenvalue weighted by molar-refractivity contribution is -0.123. The highest BCUT2D eigenvalue weighted by Crippen LogP contribution is 2.25. The number of hydrogen-bond acceptors (Lipinski definition) is 4. The number of nitrogens with one attached hydrogen (secondary N) is 2. The molecule has 0 fully saturated rings. The van der Waals surface area contributed by atoms with Gasteiger partial charge >= 0.3 is 0 Å². The van der Waals surface area contributed by atoms with Crippen LogP contribution < -0.4 is 10.6 Å². The quantitative estimate of drug-likeness (QED) is 0.898. The van der Waals surface area contributed by atoms with Gasteiger partial charge in [0.2, 0.25) is 11.9 Å². The number of aromatic nitrogens is 3. The SMILES string of the molecule is CCc1nc2n(n1)C(CC(=O)Nc1ccc(C)cc1)C(=O)N2. The Morgan fingerprint density at radius 2 is 2.09 bits per heavy atom. The highest BCUT2D eigenvalue weighted by Gasteiger charge is 2.34. The van der Waals surface area contributed by atoms with Gasteiger partial charge in [0, 0.05) is 12.1 Å². The van der Waals surface area contributed by atoms with E-state index < -0.39 is 6.04 Å². The molecule has 0 aliphatic carbocycles. The van der Waals surface area contributed by atoms with Gasteiger partial charge in [0.15, 0.2) is 5.82 Å². The van der Waals surface area contributed by atoms with Crippen LogP contribution in [-0.4, -0.2) is 26.6 Å². The van der Waals surface area contributed by atoms with Crippen molar-refractivity contribution < 1.29 is 9.59 Å². The first-order valence-corrected chi connectivity index (χ1v) is 7.19. The summed E-state index contributed by atoms with van der Waals surface area (Å²) in [5.74, 6) is 0.580. The number of aryl methyl sites for hydroxylation is 2. The van der Waals surface area contributed by atoms with Crippen molar-refractivity contribution in [1.29, 1.82) is 0 Å². The Balaban J connectivity index is 1.70. The zero-order valence-corrected chi connectivity index (χ0v) is 12.5. The van der Waals surface area contributed by atoms with Crippen LogP contribution in [0.3, 0.4) is 0 Å². The van der Waals surface area contributed by atoms with E-state index in [4.69, 9.17) is 0 Å². The number of carbonyl (C=O) groups is 2. The predicted octanol–water partition coefficient (Wildman–Crippen LogP) is 1.67. The van der Waals surface area contributed by atoms with Crippen molar-refractivity contribution in [2.75, 3.05) is 10.6 Å². The summed E-state index contributed by atoms with van der Waals surface area (Å²) in [6, 6.07) is 6.85. The van der Waals surface area contributed by atoms with Crippen molar-refractivity contribution in [2.45, 2.75) is 32.7 Å². The molecule has 2 N–H and O–H groups in total. The van der Waals surface area contributed by atoms with Crippen LogP contribution in [0.25, 0.3) is 0 Å². The van der Waals surface area contributed by atoms with Gasteiger partial charge in [-0.2, -0.15) is 10.1 Å². The third-order valence-corrected chi connectivity index (χ3v) is 3.54. The van der Waals surface area contributed by atoms with Crippen molar-refractivity contribution in [3.63, 3.8) is 0 Å². The molecule has 0 saturated heterocycles. The first kappa shape index (κ1) is 14.2. The lowest BCUT2D eigenvalue weighted by Crippen LogP contribution is -2.24. The number of rotatable bonds is 4. The Hall–Kier alpha value is -2.70. The maximum atomic E-state index is 12.1. The fourth-order valence-corrected chi connectivity index (χ4v) is 2.33. The van der Waals surface area contributed by atoms with E-state index in [9.17, 15) is 9.59 Å². The predicted molar refractivity (Wildman–Crippen MR) is 81.5 cm³/mol. The highest BCUT2D eigenvalue weighted by atomic mass is 16.2. The Bertz CT molecular complexity index is 720. The number of nitrogens with zero attached hydrogens (tertiary/aromatic N) is 3. The van der Waals surface area contributed by atoms with Crippen molar-refractivity contribution in [2.24, 2.45) is 0 Å². The number of anilines is 2. The molecule has 0 saturated carbocycles. The molecular formula is C15H17N5O2. The van der Waals surface area contributed by atoms with Gasteiger partial charge in [0.05, 0.1) is 6.42 Å². The summed E-state index contributed by atoms with van der Waals surface area (Å²) in [6.45, 7) is 3.91. The standard InChI is InChI=1S/C15H17N5O2/c1-3-12-17-15-18-14(22)11(20(15)19-12)8-13(21)16-10-6-4-9(2)5-7-10/h4-7,11H,3,8H2,1-2H3,(H,16,21)(H,17,18,19,22). The smallest absolute Gasteiger partial charge is 0.252 e. The average Bonchev–Trinajstić information content (AvgIpc) is 3.00. The van der Waals surface area contributed by atoms with E-state index in [1.807, 2.05) is 38.1 Å². The second-order valence-electron chi connectivity index (χ2n) is 5.27. The Kier molecular flexibility index (Phi) is 3.62. The van der Waals surface area contributed by atoms with E-state index in [0.717, 1.165) is 5.56 Å². The highest BCUT2D eigenvalue weighted by molar-refractivity contribution is 6.00. The lowest BCUT2D eigenvalue weighted by Gasteiger charge is -2.10. The summed E-state index contributed by atoms with van der Waals surface area (Å²) < 4.78 is 1.50. The Morgan fingerprint density at radius 3 is 2.77 bits per heavy atom. The van der Waals surface area contributed by atoms with Crippen LogP contribution in [0.15, 0.2) is 24.3 Å². The zero-order valence-electron chi connectivity index (χ0n) is 12.5. The van der Waals surface area contributed by atoms with Crippen molar-refractivity contribution >= 4 is 23.5 Å². The van der Waals surface area contributed by atoms with Crippen molar-refractivity contribution in [1.82, 2.24) is 14.8 Å². The van der Waals surface area contributed by atoms with Crippen LogP contribution in [0.4, 0.5) is 11.6 Å². The molecule has 2 amide bonds. The van der Waals surface area contributed by atoms with E-state index in [1.54, 1.807) is 0 Å². The molecule has 1 aliphatic heterocycles. The summed E-state index contributed by atoms with van der Waals surface area (Å²) in [6.07, 6.45) is 0.706. The first-order chi connectivity index (χ1) is 10.6. The topological polar surface area (TPSA) is 88.9 Å². The van der Waals surface area contributed by atoms with Gasteiger partial charge in [0.1, 0.15) is 6.04 Å². The van der Waals surface area contributed by atoms with Gasteiger partial charge < -0.3 is 5.32 Å². The molecule has 1 unspecified atom stereocenters. The van der Waals surface area contributed by atoms with Crippen LogP contribution in [-0.2, 0) is 16.0 Å². The summed E-state index contributed by atoms with van der Waals surface area (Å²) in [7, 11) is 0. The van der Waals surface area contributed by atoms with E-state index in [2.05, 4.69) is 20.7 Å². The third kappa shape index (κ3) is 2.69. The second-order valence-corrected chi connectivity index (χ2v) is 5.27. The van der Waals surface area contributed by atoms with Crippen molar-refractivity contribution in [3.05, 3.63) is 35.7 Å². The number of fused-ring (bicyclic) bond motifs is 1. The van der Waals surface area contributed by atoms with Gasteiger partial charge in [0.25, 0.3) is 5.91 Å². The Labute approximate surface area is 127 Å². The Morgan fingerprint density at radius 1 is 1.36 bits per heavy atom. The number of hydrogen-bond donors (Lipinski definition) is 2. The van der Waals surface area contributed by atoms with Gasteiger partial charge in [-0.05, 0) is 19.1 Å². The third-order valence-electron chi connectivity index (χ3n) is 3.54. The van der Waals surface area contributed by atoms with Crippen LogP contribution in [0.2, 0.25) is 0 Å². The van der Waals surface area contributed by atoms with Gasteiger partial charge in [-0.25, -0.2) is 4.68 Å². The van der Waals surface area contributed by atoms with E-state index in [1.165, 1.54) is 4.68 Å². The largest absolute Gasteiger partial charge is 0.326 e. The van der Waals surface area contributed by atoms with E-state index in [-0.39, 0.29) is 18.2 Å². The van der Waals surface area contributed by atoms with Crippen molar-refractivity contribution in [3.8, 4) is 0 Å². The average molecular weight is 299 g/mol. The van der Waals surface area contributed by atoms with Gasteiger partial charge in [-0.15, -0.1) is 0 Å². The van der Waals surface area contributed by atoms with Crippen LogP contribution >= 0.6 is 0 Å². The number of benzene rings is 1. The minimum Gasteiger partial charge on any atom is -0.326 e. The fourth-order valence-electron chi connectivity index (χ4n) is 2.33.